The van der Waals surface area contributed by atoms with E-state index < -0.39 is 6.03 Å². The molecule has 33 heavy (non-hydrogen) atoms. The molecule has 0 unspecified atom stereocenters. The van der Waals surface area contributed by atoms with Crippen molar-refractivity contribution in [2.75, 3.05) is 57.1 Å². The summed E-state index contributed by atoms with van der Waals surface area (Å²) in [6, 6.07) is 5.17. The van der Waals surface area contributed by atoms with E-state index in [0.29, 0.717) is 22.5 Å². The smallest absolute Gasteiger partial charge is 0.325 e. The van der Waals surface area contributed by atoms with Gasteiger partial charge in [-0.2, -0.15) is 5.26 Å². The lowest BCUT2D eigenvalue weighted by Crippen LogP contribution is -2.44. The minimum atomic E-state index is -0.533. The highest BCUT2D eigenvalue weighted by molar-refractivity contribution is 6.31. The van der Waals surface area contributed by atoms with E-state index >= 15 is 0 Å². The molecule has 1 fully saturated rings. The molecule has 1 saturated heterocycles. The Morgan fingerprint density at radius 2 is 2.09 bits per heavy atom. The van der Waals surface area contributed by atoms with Gasteiger partial charge in [-0.05, 0) is 37.6 Å². The fourth-order valence-corrected chi connectivity index (χ4v) is 3.72. The molecule has 2 amide bonds. The highest BCUT2D eigenvalue weighted by Gasteiger charge is 2.15. The van der Waals surface area contributed by atoms with Crippen molar-refractivity contribution >= 4 is 29.1 Å². The zero-order valence-electron chi connectivity index (χ0n) is 18.7. The molecule has 176 valence electrons. The second kappa shape index (κ2) is 12.3. The molecule has 3 rings (SSSR count). The predicted molar refractivity (Wildman–Crippen MR) is 126 cm³/mol. The first-order valence-electron chi connectivity index (χ1n) is 10.7. The summed E-state index contributed by atoms with van der Waals surface area (Å²) in [7, 11) is 1.53. The van der Waals surface area contributed by atoms with Crippen molar-refractivity contribution in [2.45, 2.75) is 19.4 Å². The number of nitrogens with zero attached hydrogens (tertiary/aromatic N) is 4. The summed E-state index contributed by atoms with van der Waals surface area (Å²) in [5.74, 6) is 0.710. The number of morpholine rings is 1. The van der Waals surface area contributed by atoms with Crippen LogP contribution in [0.25, 0.3) is 0 Å². The van der Waals surface area contributed by atoms with Gasteiger partial charge in [0.25, 0.3) is 0 Å². The second-order valence-electron chi connectivity index (χ2n) is 7.64. The van der Waals surface area contributed by atoms with E-state index in [1.807, 2.05) is 12.1 Å². The maximum atomic E-state index is 12.3. The molecule has 2 heterocycles. The molecule has 0 bridgehead atoms. The first-order chi connectivity index (χ1) is 16.0. The Labute approximate surface area is 198 Å². The third-order valence-corrected chi connectivity index (χ3v) is 5.50. The van der Waals surface area contributed by atoms with Gasteiger partial charge < -0.3 is 20.1 Å². The van der Waals surface area contributed by atoms with Crippen LogP contribution >= 0.6 is 11.6 Å². The van der Waals surface area contributed by atoms with E-state index in [4.69, 9.17) is 26.3 Å². The number of urea groups is 1. The van der Waals surface area contributed by atoms with Crippen molar-refractivity contribution in [1.82, 2.24) is 20.2 Å². The zero-order valence-corrected chi connectivity index (χ0v) is 19.5. The average molecular weight is 474 g/mol. The van der Waals surface area contributed by atoms with Crippen LogP contribution in [-0.4, -0.2) is 73.4 Å². The molecule has 0 spiro atoms. The summed E-state index contributed by atoms with van der Waals surface area (Å²) in [6.07, 6.45) is 3.30. The van der Waals surface area contributed by atoms with E-state index in [9.17, 15) is 4.79 Å². The monoisotopic (exact) mass is 473 g/mol. The maximum absolute atomic E-state index is 12.3. The lowest BCUT2D eigenvalue weighted by molar-refractivity contribution is 0.0344. The highest BCUT2D eigenvalue weighted by atomic mass is 35.5. The quantitative estimate of drug-likeness (QED) is 0.507. The summed E-state index contributed by atoms with van der Waals surface area (Å²) in [4.78, 5) is 22.6. The van der Waals surface area contributed by atoms with E-state index in [2.05, 4.69) is 37.7 Å². The number of benzene rings is 1. The van der Waals surface area contributed by atoms with Crippen LogP contribution in [0.1, 0.15) is 18.2 Å². The molecule has 2 aromatic rings. The van der Waals surface area contributed by atoms with Gasteiger partial charge in [-0.3, -0.25) is 10.2 Å². The second-order valence-corrected chi connectivity index (χ2v) is 8.05. The normalized spacial score (nSPS) is 14.8. The molecule has 11 heteroatoms. The van der Waals surface area contributed by atoms with Crippen LogP contribution in [0.3, 0.4) is 0 Å². The maximum Gasteiger partial charge on any atom is 0.325 e. The summed E-state index contributed by atoms with van der Waals surface area (Å²) < 4.78 is 10.8. The Bertz CT molecular complexity index is 975. The number of anilines is 2. The molecule has 1 aromatic heterocycles. The topological polar surface area (TPSA) is 124 Å². The third-order valence-electron chi connectivity index (χ3n) is 5.15. The van der Waals surface area contributed by atoms with Gasteiger partial charge in [-0.25, -0.2) is 14.8 Å². The number of carbonyl (C=O) groups excluding carboxylic acids is 1. The van der Waals surface area contributed by atoms with Crippen LogP contribution in [0.4, 0.5) is 16.3 Å². The molecule has 1 aromatic carbocycles. The van der Waals surface area contributed by atoms with Gasteiger partial charge in [-0.1, -0.05) is 11.6 Å². The molecule has 10 nitrogen and oxygen atoms in total. The zero-order chi connectivity index (χ0) is 23.6. The van der Waals surface area contributed by atoms with Crippen molar-refractivity contribution in [3.63, 3.8) is 0 Å². The fraction of sp³-hybridized carbons (Fsp3) is 0.455. The lowest BCUT2D eigenvalue weighted by atomic mass is 10.1. The first kappa shape index (κ1) is 24.7. The Morgan fingerprint density at radius 1 is 1.30 bits per heavy atom. The predicted octanol–water partition coefficient (Wildman–Crippen LogP) is 2.51. The average Bonchev–Trinajstić information content (AvgIpc) is 2.81. The minimum absolute atomic E-state index is 0.162. The lowest BCUT2D eigenvalue weighted by Gasteiger charge is -2.29. The van der Waals surface area contributed by atoms with Crippen LogP contribution in [-0.2, 0) is 11.2 Å². The van der Waals surface area contributed by atoms with Gasteiger partial charge in [0.2, 0.25) is 0 Å². The van der Waals surface area contributed by atoms with E-state index in [1.54, 1.807) is 6.07 Å². The van der Waals surface area contributed by atoms with E-state index in [1.165, 1.54) is 19.5 Å². The van der Waals surface area contributed by atoms with Crippen molar-refractivity contribution in [2.24, 2.45) is 0 Å². The summed E-state index contributed by atoms with van der Waals surface area (Å²) in [5.41, 5.74) is 1.51. The summed E-state index contributed by atoms with van der Waals surface area (Å²) in [6.45, 7) is 7.43. The van der Waals surface area contributed by atoms with Gasteiger partial charge in [0.15, 0.2) is 11.5 Å². The number of amides is 2. The Hall–Kier alpha value is -2.97. The van der Waals surface area contributed by atoms with E-state index in [-0.39, 0.29) is 11.5 Å². The number of nitriles is 1. The van der Waals surface area contributed by atoms with Crippen LogP contribution in [0.15, 0.2) is 24.5 Å². The molecule has 0 aliphatic carbocycles. The number of nitrogens with one attached hydrogen (secondary N) is 3. The Balaban J connectivity index is 1.53. The number of aromatic nitrogens is 2. The third kappa shape index (κ3) is 7.54. The van der Waals surface area contributed by atoms with Crippen molar-refractivity contribution in [1.29, 1.82) is 5.26 Å². The molecule has 1 aliphatic heterocycles. The van der Waals surface area contributed by atoms with Crippen molar-refractivity contribution < 1.29 is 14.3 Å². The Morgan fingerprint density at radius 3 is 2.76 bits per heavy atom. The van der Waals surface area contributed by atoms with Crippen LogP contribution in [0.2, 0.25) is 5.02 Å². The van der Waals surface area contributed by atoms with Gasteiger partial charge >= 0.3 is 6.03 Å². The molecule has 0 radical (unpaired) electrons. The number of carbonyl (C=O) groups is 1. The van der Waals surface area contributed by atoms with Gasteiger partial charge in [-0.15, -0.1) is 0 Å². The SMILES string of the molecule is COc1cc(CCN[C@H](C)CN2CCOCC2)c(Cl)cc1NC(=O)Nc1cnc(C#N)cn1. The number of hydrogen-bond acceptors (Lipinski definition) is 8. The van der Waals surface area contributed by atoms with E-state index in [0.717, 1.165) is 51.4 Å². The number of methoxy groups -OCH3 is 1. The number of rotatable bonds is 9. The number of halogens is 1. The van der Waals surface area contributed by atoms with Gasteiger partial charge in [0, 0.05) is 30.7 Å². The number of ether oxygens (including phenoxy) is 2. The standard InChI is InChI=1S/C22H28ClN7O3/c1-15(14-30-5-7-33-8-6-30)25-4-3-16-9-20(32-2)19(10-18(16)23)28-22(31)29-21-13-26-17(11-24)12-27-21/h9-10,12-13,15,25H,3-8,14H2,1-2H3,(H2,27,28,29,31)/t15-/m1/s1. The van der Waals surface area contributed by atoms with Crippen molar-refractivity contribution in [3.8, 4) is 11.8 Å². The summed E-state index contributed by atoms with van der Waals surface area (Å²) >= 11 is 6.48. The molecule has 1 aliphatic rings. The first-order valence-corrected chi connectivity index (χ1v) is 11.1. The molecule has 0 saturated carbocycles. The molecular weight excluding hydrogens is 446 g/mol. The number of hydrogen-bond donors (Lipinski definition) is 3. The van der Waals surface area contributed by atoms with Crippen LogP contribution in [0.5, 0.6) is 5.75 Å². The fourth-order valence-electron chi connectivity index (χ4n) is 3.46. The van der Waals surface area contributed by atoms with Gasteiger partial charge in [0.05, 0.1) is 38.4 Å². The van der Waals surface area contributed by atoms with Crippen molar-refractivity contribution in [3.05, 3.63) is 40.8 Å². The van der Waals surface area contributed by atoms with Crippen LogP contribution < -0.4 is 20.7 Å². The van der Waals surface area contributed by atoms with Gasteiger partial charge in [0.1, 0.15) is 11.8 Å². The Kier molecular flexibility index (Phi) is 9.21. The minimum Gasteiger partial charge on any atom is -0.495 e. The van der Waals surface area contributed by atoms with Crippen LogP contribution in [0, 0.1) is 11.3 Å². The molecule has 1 atom stereocenters. The largest absolute Gasteiger partial charge is 0.495 e. The molecular formula is C22H28ClN7O3. The highest BCUT2D eigenvalue weighted by Crippen LogP contribution is 2.31. The summed E-state index contributed by atoms with van der Waals surface area (Å²) in [5, 5.41) is 18.1. The molecule has 3 N–H and O–H groups in total.